The molecule has 1 heterocycles. The van der Waals surface area contributed by atoms with Gasteiger partial charge in [-0.2, -0.15) is 0 Å². The number of hydrogen-bond donors (Lipinski definition) is 2. The number of amides is 1. The first-order chi connectivity index (χ1) is 9.16. The number of carbonyl (C=O) groups excluding carboxylic acids is 1. The van der Waals surface area contributed by atoms with Crippen molar-refractivity contribution in [2.24, 2.45) is 0 Å². The van der Waals surface area contributed by atoms with Crippen LogP contribution in [0.1, 0.15) is 6.42 Å². The molecule has 5 nitrogen and oxygen atoms in total. The molecule has 0 unspecified atom stereocenters. The number of rotatable bonds is 4. The van der Waals surface area contributed by atoms with Crippen LogP contribution in [-0.2, 0) is 9.53 Å². The quantitative estimate of drug-likeness (QED) is 0.824. The molecule has 1 aromatic carbocycles. The van der Waals surface area contributed by atoms with E-state index in [2.05, 4.69) is 5.32 Å². The van der Waals surface area contributed by atoms with Crippen molar-refractivity contribution in [3.05, 3.63) is 23.2 Å². The second-order valence-electron chi connectivity index (χ2n) is 4.40. The Morgan fingerprint density at radius 2 is 2.16 bits per heavy atom. The number of ether oxygens (including phenoxy) is 1. The lowest BCUT2D eigenvalue weighted by Gasteiger charge is -2.27. The Balaban J connectivity index is 1.78. The van der Waals surface area contributed by atoms with Gasteiger partial charge in [0.05, 0.1) is 24.6 Å². The van der Waals surface area contributed by atoms with E-state index >= 15 is 0 Å². The van der Waals surface area contributed by atoms with Crippen LogP contribution in [0.4, 0.5) is 11.4 Å². The van der Waals surface area contributed by atoms with E-state index in [-0.39, 0.29) is 5.91 Å². The first kappa shape index (κ1) is 14.0. The number of anilines is 2. The van der Waals surface area contributed by atoms with E-state index in [1.54, 1.807) is 12.1 Å². The van der Waals surface area contributed by atoms with Crippen LogP contribution >= 0.6 is 11.6 Å². The van der Waals surface area contributed by atoms with Gasteiger partial charge in [0.1, 0.15) is 0 Å². The van der Waals surface area contributed by atoms with Crippen molar-refractivity contribution in [3.8, 4) is 0 Å². The van der Waals surface area contributed by atoms with Crippen molar-refractivity contribution in [3.63, 3.8) is 0 Å². The van der Waals surface area contributed by atoms with Gasteiger partial charge in [0, 0.05) is 31.1 Å². The molecule has 0 saturated carbocycles. The van der Waals surface area contributed by atoms with E-state index in [1.807, 2.05) is 11.0 Å². The topological polar surface area (TPSA) is 67.6 Å². The minimum atomic E-state index is 0.142. The molecule has 0 spiro atoms. The van der Waals surface area contributed by atoms with E-state index in [0.717, 1.165) is 5.69 Å². The number of halogens is 1. The smallest absolute Gasteiger partial charge is 0.224 e. The van der Waals surface area contributed by atoms with Crippen LogP contribution in [0.2, 0.25) is 5.02 Å². The van der Waals surface area contributed by atoms with Gasteiger partial charge in [-0.15, -0.1) is 0 Å². The molecule has 1 aliphatic heterocycles. The van der Waals surface area contributed by atoms with Crippen molar-refractivity contribution >= 4 is 28.9 Å². The lowest BCUT2D eigenvalue weighted by Crippen LogP contribution is -2.41. The average Bonchev–Trinajstić information content (AvgIpc) is 2.42. The van der Waals surface area contributed by atoms with Crippen LogP contribution in [0.25, 0.3) is 0 Å². The highest BCUT2D eigenvalue weighted by Gasteiger charge is 2.16. The molecular weight excluding hydrogens is 266 g/mol. The predicted octanol–water partition coefficient (Wildman–Crippen LogP) is 1.58. The summed E-state index contributed by atoms with van der Waals surface area (Å²) in [6, 6.07) is 5.27. The maximum Gasteiger partial charge on any atom is 0.224 e. The highest BCUT2D eigenvalue weighted by molar-refractivity contribution is 6.31. The van der Waals surface area contributed by atoms with Gasteiger partial charge in [-0.25, -0.2) is 0 Å². The van der Waals surface area contributed by atoms with Crippen LogP contribution < -0.4 is 11.1 Å². The number of carbonyl (C=O) groups is 1. The molecule has 1 fully saturated rings. The van der Waals surface area contributed by atoms with Gasteiger partial charge in [-0.3, -0.25) is 4.79 Å². The summed E-state index contributed by atoms with van der Waals surface area (Å²) < 4.78 is 5.21. The zero-order valence-corrected chi connectivity index (χ0v) is 11.4. The number of nitrogens with two attached hydrogens (primary N) is 1. The van der Waals surface area contributed by atoms with Crippen molar-refractivity contribution in [2.75, 3.05) is 43.9 Å². The Morgan fingerprint density at radius 3 is 2.84 bits per heavy atom. The van der Waals surface area contributed by atoms with E-state index < -0.39 is 0 Å². The summed E-state index contributed by atoms with van der Waals surface area (Å²) >= 11 is 5.82. The zero-order valence-electron chi connectivity index (χ0n) is 10.7. The third-order valence-electron chi connectivity index (χ3n) is 3.03. The number of morpholine rings is 1. The molecule has 1 amide bonds. The van der Waals surface area contributed by atoms with E-state index in [9.17, 15) is 4.79 Å². The number of nitrogen functional groups attached to an aromatic ring is 1. The third kappa shape index (κ3) is 4.01. The summed E-state index contributed by atoms with van der Waals surface area (Å²) in [5, 5.41) is 3.75. The van der Waals surface area contributed by atoms with Crippen molar-refractivity contribution in [2.45, 2.75) is 6.42 Å². The zero-order chi connectivity index (χ0) is 13.7. The van der Waals surface area contributed by atoms with Gasteiger partial charge in [0.2, 0.25) is 5.91 Å². The minimum Gasteiger partial charge on any atom is -0.397 e. The number of nitrogens with zero attached hydrogens (tertiary/aromatic N) is 1. The lowest BCUT2D eigenvalue weighted by molar-refractivity contribution is -0.134. The van der Waals surface area contributed by atoms with Crippen LogP contribution in [0.3, 0.4) is 0 Å². The summed E-state index contributed by atoms with van der Waals surface area (Å²) in [6.07, 6.45) is 0.446. The van der Waals surface area contributed by atoms with Crippen LogP contribution in [0.5, 0.6) is 0 Å². The maximum atomic E-state index is 11.9. The molecule has 0 aliphatic carbocycles. The van der Waals surface area contributed by atoms with Gasteiger partial charge in [0.15, 0.2) is 0 Å². The third-order valence-corrected chi connectivity index (χ3v) is 3.27. The number of benzene rings is 1. The van der Waals surface area contributed by atoms with Gasteiger partial charge in [-0.1, -0.05) is 11.6 Å². The molecule has 0 radical (unpaired) electrons. The fraction of sp³-hybridized carbons (Fsp3) is 0.462. The van der Waals surface area contributed by atoms with Gasteiger partial charge in [0.25, 0.3) is 0 Å². The molecule has 1 aromatic rings. The fourth-order valence-corrected chi connectivity index (χ4v) is 2.15. The molecule has 1 aliphatic rings. The highest BCUT2D eigenvalue weighted by Crippen LogP contribution is 2.22. The fourth-order valence-electron chi connectivity index (χ4n) is 1.97. The second kappa shape index (κ2) is 6.63. The van der Waals surface area contributed by atoms with Gasteiger partial charge < -0.3 is 20.7 Å². The van der Waals surface area contributed by atoms with Crippen molar-refractivity contribution in [1.29, 1.82) is 0 Å². The highest BCUT2D eigenvalue weighted by atomic mass is 35.5. The Morgan fingerprint density at radius 1 is 1.42 bits per heavy atom. The molecule has 104 valence electrons. The molecule has 6 heteroatoms. The van der Waals surface area contributed by atoms with E-state index in [1.165, 1.54) is 0 Å². The van der Waals surface area contributed by atoms with E-state index in [0.29, 0.717) is 50.0 Å². The SMILES string of the molecule is Nc1cc(Cl)ccc1NCCC(=O)N1CCOCC1. The first-order valence-electron chi connectivity index (χ1n) is 6.31. The summed E-state index contributed by atoms with van der Waals surface area (Å²) in [5.74, 6) is 0.142. The first-order valence-corrected chi connectivity index (χ1v) is 6.69. The maximum absolute atomic E-state index is 11.9. The second-order valence-corrected chi connectivity index (χ2v) is 4.84. The largest absolute Gasteiger partial charge is 0.397 e. The molecule has 1 saturated heterocycles. The molecular formula is C13H18ClN3O2. The van der Waals surface area contributed by atoms with Gasteiger partial charge in [-0.05, 0) is 18.2 Å². The predicted molar refractivity (Wildman–Crippen MR) is 76.4 cm³/mol. The lowest BCUT2D eigenvalue weighted by atomic mass is 10.2. The Bertz CT molecular complexity index is 448. The standard InChI is InChI=1S/C13H18ClN3O2/c14-10-1-2-12(11(15)9-10)16-4-3-13(18)17-5-7-19-8-6-17/h1-2,9,16H,3-8,15H2. The summed E-state index contributed by atoms with van der Waals surface area (Å²) in [5.41, 5.74) is 7.22. The molecule has 3 N–H and O–H groups in total. The molecule has 0 atom stereocenters. The van der Waals surface area contributed by atoms with Crippen LogP contribution in [0, 0.1) is 0 Å². The minimum absolute atomic E-state index is 0.142. The van der Waals surface area contributed by atoms with Crippen LogP contribution in [-0.4, -0.2) is 43.7 Å². The Labute approximate surface area is 117 Å². The van der Waals surface area contributed by atoms with Crippen molar-refractivity contribution < 1.29 is 9.53 Å². The van der Waals surface area contributed by atoms with Crippen molar-refractivity contribution in [1.82, 2.24) is 4.90 Å². The summed E-state index contributed by atoms with van der Waals surface area (Å²) in [6.45, 7) is 3.18. The monoisotopic (exact) mass is 283 g/mol. The number of hydrogen-bond acceptors (Lipinski definition) is 4. The molecule has 2 rings (SSSR count). The van der Waals surface area contributed by atoms with E-state index in [4.69, 9.17) is 22.1 Å². The molecule has 0 aromatic heterocycles. The molecule has 0 bridgehead atoms. The Kier molecular flexibility index (Phi) is 4.87. The number of nitrogens with one attached hydrogen (secondary N) is 1. The van der Waals surface area contributed by atoms with Crippen LogP contribution in [0.15, 0.2) is 18.2 Å². The molecule has 19 heavy (non-hydrogen) atoms. The average molecular weight is 284 g/mol. The summed E-state index contributed by atoms with van der Waals surface area (Å²) in [4.78, 5) is 13.7. The Hall–Kier alpha value is -1.46. The van der Waals surface area contributed by atoms with Gasteiger partial charge >= 0.3 is 0 Å². The summed E-state index contributed by atoms with van der Waals surface area (Å²) in [7, 11) is 0. The normalized spacial score (nSPS) is 15.3.